The molecule has 0 N–H and O–H groups in total. The summed E-state index contributed by atoms with van der Waals surface area (Å²) in [6.45, 7) is 25.2. The zero-order valence-corrected chi connectivity index (χ0v) is 21.9. The Morgan fingerprint density at radius 1 is 1.04 bits per heavy atom. The quantitative estimate of drug-likeness (QED) is 0.200. The maximum Gasteiger partial charge on any atom is 0.192 e. The highest BCUT2D eigenvalue weighted by Crippen LogP contribution is 2.39. The summed E-state index contributed by atoms with van der Waals surface area (Å²) in [6, 6.07) is 3.49. The maximum atomic E-state index is 11.2. The summed E-state index contributed by atoms with van der Waals surface area (Å²) < 4.78 is 13.4. The summed E-state index contributed by atoms with van der Waals surface area (Å²) in [4.78, 5) is 11.2. The van der Waals surface area contributed by atoms with Crippen molar-refractivity contribution in [3.8, 4) is 0 Å². The van der Waals surface area contributed by atoms with E-state index < -0.39 is 16.6 Å². The van der Waals surface area contributed by atoms with Crippen LogP contribution in [-0.4, -0.2) is 35.6 Å². The Labute approximate surface area is 171 Å². The van der Waals surface area contributed by atoms with Gasteiger partial charge in [0.25, 0.3) is 0 Å². The van der Waals surface area contributed by atoms with Crippen LogP contribution < -0.4 is 0 Å². The SMILES string of the molecule is CC[Si](CC)(CC)OC[C@H](C)[C@@H](O[Si](C)(C)C(C)(C)C)/C(C)=C/[C@H](C)C=O. The Kier molecular flexibility index (Phi) is 11.0. The van der Waals surface area contributed by atoms with Crippen molar-refractivity contribution in [2.45, 2.75) is 105 Å². The molecule has 0 aliphatic heterocycles. The lowest BCUT2D eigenvalue weighted by atomic mass is 9.96. The van der Waals surface area contributed by atoms with Crippen LogP contribution in [0.3, 0.4) is 0 Å². The van der Waals surface area contributed by atoms with Gasteiger partial charge in [-0.1, -0.05) is 61.5 Å². The minimum Gasteiger partial charge on any atom is -0.416 e. The van der Waals surface area contributed by atoms with Gasteiger partial charge in [0.15, 0.2) is 16.6 Å². The smallest absolute Gasteiger partial charge is 0.192 e. The molecule has 0 saturated heterocycles. The molecule has 0 aliphatic rings. The number of carbonyl (C=O) groups excluding carboxylic acids is 1. The van der Waals surface area contributed by atoms with Crippen molar-refractivity contribution in [3.05, 3.63) is 11.6 Å². The first-order valence-electron chi connectivity index (χ1n) is 10.7. The van der Waals surface area contributed by atoms with E-state index in [1.807, 2.05) is 6.92 Å². The number of hydrogen-bond acceptors (Lipinski definition) is 3. The molecular formula is C22H46O3Si2. The minimum atomic E-state index is -1.93. The maximum absolute atomic E-state index is 11.2. The van der Waals surface area contributed by atoms with E-state index in [1.54, 1.807) is 0 Å². The fourth-order valence-electron chi connectivity index (χ4n) is 3.15. The lowest BCUT2D eigenvalue weighted by Crippen LogP contribution is -2.47. The molecule has 0 saturated carbocycles. The first-order valence-corrected chi connectivity index (χ1v) is 16.2. The molecule has 0 aliphatic carbocycles. The van der Waals surface area contributed by atoms with Crippen LogP contribution in [0.4, 0.5) is 0 Å². The fraction of sp³-hybridized carbons (Fsp3) is 0.864. The molecule has 0 aromatic rings. The van der Waals surface area contributed by atoms with Gasteiger partial charge in [0.2, 0.25) is 0 Å². The predicted molar refractivity (Wildman–Crippen MR) is 123 cm³/mol. The monoisotopic (exact) mass is 414 g/mol. The molecule has 0 rings (SSSR count). The van der Waals surface area contributed by atoms with Gasteiger partial charge in [-0.3, -0.25) is 0 Å². The molecule has 0 aromatic heterocycles. The fourth-order valence-corrected chi connectivity index (χ4v) is 7.29. The van der Waals surface area contributed by atoms with Crippen LogP contribution in [0.25, 0.3) is 0 Å². The molecule has 160 valence electrons. The third-order valence-corrected chi connectivity index (χ3v) is 15.6. The highest BCUT2D eigenvalue weighted by molar-refractivity contribution is 6.74. The number of aldehydes is 1. The van der Waals surface area contributed by atoms with Gasteiger partial charge in [-0.05, 0) is 48.8 Å². The largest absolute Gasteiger partial charge is 0.416 e. The van der Waals surface area contributed by atoms with Crippen molar-refractivity contribution in [1.29, 1.82) is 0 Å². The average molecular weight is 415 g/mol. The number of carbonyl (C=O) groups is 1. The second-order valence-corrected chi connectivity index (χ2v) is 19.3. The van der Waals surface area contributed by atoms with Crippen molar-refractivity contribution in [1.82, 2.24) is 0 Å². The molecule has 3 nitrogen and oxygen atoms in total. The van der Waals surface area contributed by atoms with E-state index in [4.69, 9.17) is 8.85 Å². The van der Waals surface area contributed by atoms with Crippen LogP contribution in [0, 0.1) is 11.8 Å². The van der Waals surface area contributed by atoms with Gasteiger partial charge in [0.05, 0.1) is 6.10 Å². The standard InChI is InChI=1S/C22H46O3Si2/c1-12-27(13-2,14-3)24-17-20(6)21(19(5)15-18(4)16-23)25-26(10,11)22(7,8)9/h15-16,18,20-21H,12-14,17H2,1-11H3/b19-15+/t18-,20-,21-/m0/s1. The zero-order valence-electron chi connectivity index (χ0n) is 19.9. The van der Waals surface area contributed by atoms with Gasteiger partial charge in [0.1, 0.15) is 6.29 Å². The molecule has 0 fully saturated rings. The van der Waals surface area contributed by atoms with Crippen molar-refractivity contribution >= 4 is 22.9 Å². The molecular weight excluding hydrogens is 368 g/mol. The van der Waals surface area contributed by atoms with Gasteiger partial charge in [-0.25, -0.2) is 0 Å². The first kappa shape index (κ1) is 26.8. The van der Waals surface area contributed by atoms with E-state index in [1.165, 1.54) is 0 Å². The number of allylic oxidation sites excluding steroid dienone is 1. The van der Waals surface area contributed by atoms with E-state index in [9.17, 15) is 4.79 Å². The lowest BCUT2D eigenvalue weighted by molar-refractivity contribution is -0.109. The van der Waals surface area contributed by atoms with Crippen molar-refractivity contribution in [2.24, 2.45) is 11.8 Å². The molecule has 5 heteroatoms. The lowest BCUT2D eigenvalue weighted by Gasteiger charge is -2.42. The summed E-state index contributed by atoms with van der Waals surface area (Å²) in [7, 11) is -3.54. The zero-order chi connectivity index (χ0) is 21.5. The van der Waals surface area contributed by atoms with Crippen molar-refractivity contribution in [3.63, 3.8) is 0 Å². The summed E-state index contributed by atoms with van der Waals surface area (Å²) in [5.74, 6) is 0.185. The van der Waals surface area contributed by atoms with E-state index in [0.29, 0.717) is 0 Å². The minimum absolute atomic E-state index is 0.00515. The summed E-state index contributed by atoms with van der Waals surface area (Å²) in [5, 5.41) is 0.150. The van der Waals surface area contributed by atoms with Gasteiger partial charge in [-0.15, -0.1) is 0 Å². The Bertz CT molecular complexity index is 468. The van der Waals surface area contributed by atoms with Crippen LogP contribution in [0.1, 0.15) is 62.3 Å². The van der Waals surface area contributed by atoms with Gasteiger partial charge >= 0.3 is 0 Å². The van der Waals surface area contributed by atoms with Crippen LogP contribution in [0.2, 0.25) is 36.3 Å². The van der Waals surface area contributed by atoms with Crippen LogP contribution in [0.5, 0.6) is 0 Å². The molecule has 3 atom stereocenters. The molecule has 27 heavy (non-hydrogen) atoms. The summed E-state index contributed by atoms with van der Waals surface area (Å²) in [5.41, 5.74) is 1.16. The molecule has 0 bridgehead atoms. The molecule has 0 heterocycles. The van der Waals surface area contributed by atoms with E-state index >= 15 is 0 Å². The first-order chi connectivity index (χ1) is 12.3. The second kappa shape index (κ2) is 11.1. The summed E-state index contributed by atoms with van der Waals surface area (Å²) >= 11 is 0. The van der Waals surface area contributed by atoms with E-state index in [-0.39, 0.29) is 23.0 Å². The van der Waals surface area contributed by atoms with E-state index in [2.05, 4.69) is 74.6 Å². The molecule has 0 radical (unpaired) electrons. The van der Waals surface area contributed by atoms with Crippen LogP contribution in [-0.2, 0) is 13.6 Å². The van der Waals surface area contributed by atoms with Gasteiger partial charge in [-0.2, -0.15) is 0 Å². The number of rotatable bonds is 12. The van der Waals surface area contributed by atoms with Gasteiger partial charge < -0.3 is 13.6 Å². The Balaban J connectivity index is 5.58. The Hall–Kier alpha value is -0.236. The number of hydrogen-bond donors (Lipinski definition) is 0. The van der Waals surface area contributed by atoms with Crippen LogP contribution in [0.15, 0.2) is 11.6 Å². The predicted octanol–water partition coefficient (Wildman–Crippen LogP) is 6.82. The average Bonchev–Trinajstić information content (AvgIpc) is 2.59. The Morgan fingerprint density at radius 3 is 1.89 bits per heavy atom. The topological polar surface area (TPSA) is 35.5 Å². The molecule has 0 aromatic carbocycles. The van der Waals surface area contributed by atoms with Crippen LogP contribution >= 0.6 is 0 Å². The highest BCUT2D eigenvalue weighted by Gasteiger charge is 2.41. The third-order valence-electron chi connectivity index (χ3n) is 6.52. The van der Waals surface area contributed by atoms with Crippen molar-refractivity contribution < 1.29 is 13.6 Å². The Morgan fingerprint density at radius 2 is 1.52 bits per heavy atom. The van der Waals surface area contributed by atoms with Crippen molar-refractivity contribution in [2.75, 3.05) is 6.61 Å². The molecule has 0 unspecified atom stereocenters. The van der Waals surface area contributed by atoms with E-state index in [0.717, 1.165) is 36.6 Å². The molecule has 0 amide bonds. The normalized spacial score (nSPS) is 17.5. The van der Waals surface area contributed by atoms with Gasteiger partial charge in [0, 0.05) is 18.4 Å². The third kappa shape index (κ3) is 7.96. The molecule has 0 spiro atoms. The summed E-state index contributed by atoms with van der Waals surface area (Å²) in [6.07, 6.45) is 3.06. The second-order valence-electron chi connectivity index (χ2n) is 9.74. The highest BCUT2D eigenvalue weighted by atomic mass is 28.4.